The Labute approximate surface area is 170 Å². The van der Waals surface area contributed by atoms with Crippen molar-refractivity contribution in [2.24, 2.45) is 7.05 Å². The molecule has 0 spiro atoms. The monoisotopic (exact) mass is 420 g/mol. The van der Waals surface area contributed by atoms with Crippen LogP contribution in [0.4, 0.5) is 18.9 Å². The molecule has 0 aliphatic carbocycles. The maximum Gasteiger partial charge on any atom is 0.416 e. The van der Waals surface area contributed by atoms with Gasteiger partial charge in [-0.05, 0) is 31.2 Å². The Morgan fingerprint density at radius 2 is 2.00 bits per heavy atom. The second kappa shape index (κ2) is 8.05. The van der Waals surface area contributed by atoms with Crippen LogP contribution in [-0.2, 0) is 19.8 Å². The number of hydrogen-bond acceptors (Lipinski definition) is 4. The van der Waals surface area contributed by atoms with Crippen LogP contribution in [-0.4, -0.2) is 33.3 Å². The third kappa shape index (κ3) is 4.53. The molecule has 2 amide bonds. The average Bonchev–Trinajstić information content (AvgIpc) is 3.28. The van der Waals surface area contributed by atoms with E-state index in [1.54, 1.807) is 30.9 Å². The number of alkyl halides is 3. The fourth-order valence-corrected chi connectivity index (χ4v) is 2.86. The first kappa shape index (κ1) is 21.2. The summed E-state index contributed by atoms with van der Waals surface area (Å²) in [7, 11) is 3.21. The minimum absolute atomic E-state index is 0.106. The van der Waals surface area contributed by atoms with Gasteiger partial charge >= 0.3 is 6.18 Å². The van der Waals surface area contributed by atoms with Crippen molar-refractivity contribution in [3.8, 4) is 0 Å². The molecule has 0 aliphatic heterocycles. The van der Waals surface area contributed by atoms with Gasteiger partial charge in [-0.1, -0.05) is 0 Å². The van der Waals surface area contributed by atoms with Gasteiger partial charge in [-0.15, -0.1) is 0 Å². The molecule has 0 saturated carbocycles. The molecule has 0 atom stereocenters. The number of amides is 2. The number of imidazole rings is 1. The molecule has 10 heteroatoms. The number of hydrogen-bond donors (Lipinski definition) is 1. The summed E-state index contributed by atoms with van der Waals surface area (Å²) in [5.41, 5.74) is -1.21. The Hall–Kier alpha value is -3.56. The summed E-state index contributed by atoms with van der Waals surface area (Å²) < 4.78 is 46.9. The van der Waals surface area contributed by atoms with Gasteiger partial charge in [0.2, 0.25) is 0 Å². The maximum atomic E-state index is 13.4. The van der Waals surface area contributed by atoms with E-state index in [-0.39, 0.29) is 23.4 Å². The second-order valence-corrected chi connectivity index (χ2v) is 6.76. The number of benzene rings is 1. The van der Waals surface area contributed by atoms with Crippen LogP contribution in [0.1, 0.15) is 37.9 Å². The number of halogens is 3. The van der Waals surface area contributed by atoms with E-state index in [0.717, 1.165) is 12.1 Å². The van der Waals surface area contributed by atoms with Crippen molar-refractivity contribution in [1.82, 2.24) is 14.5 Å². The quantitative estimate of drug-likeness (QED) is 0.680. The van der Waals surface area contributed by atoms with Crippen LogP contribution in [0.3, 0.4) is 0 Å². The molecular weight excluding hydrogens is 401 g/mol. The summed E-state index contributed by atoms with van der Waals surface area (Å²) in [4.78, 5) is 30.5. The van der Waals surface area contributed by atoms with Crippen LogP contribution < -0.4 is 5.32 Å². The Morgan fingerprint density at radius 1 is 1.27 bits per heavy atom. The normalized spacial score (nSPS) is 11.4. The molecule has 0 saturated heterocycles. The van der Waals surface area contributed by atoms with Gasteiger partial charge in [-0.2, -0.15) is 13.2 Å². The number of carbonyl (C=O) groups excluding carboxylic acids is 2. The molecule has 3 rings (SSSR count). The van der Waals surface area contributed by atoms with Crippen LogP contribution >= 0.6 is 0 Å². The van der Waals surface area contributed by atoms with Crippen molar-refractivity contribution in [1.29, 1.82) is 0 Å². The SMILES string of the molecule is Cc1occc1C(=O)Nc1cc(C(=O)N(C)Cc2nccn2C)cc(C(F)(F)F)c1. The van der Waals surface area contributed by atoms with E-state index in [9.17, 15) is 22.8 Å². The maximum absolute atomic E-state index is 13.4. The molecule has 1 N–H and O–H groups in total. The van der Waals surface area contributed by atoms with Crippen molar-refractivity contribution < 1.29 is 27.2 Å². The van der Waals surface area contributed by atoms with Crippen LogP contribution in [0.15, 0.2) is 47.3 Å². The zero-order valence-electron chi connectivity index (χ0n) is 16.4. The van der Waals surface area contributed by atoms with Gasteiger partial charge < -0.3 is 19.2 Å². The Balaban J connectivity index is 1.90. The molecule has 0 aliphatic rings. The molecule has 7 nitrogen and oxygen atoms in total. The van der Waals surface area contributed by atoms with Crippen LogP contribution in [0.25, 0.3) is 0 Å². The molecule has 1 aromatic carbocycles. The van der Waals surface area contributed by atoms with Gasteiger partial charge in [-0.25, -0.2) is 4.98 Å². The lowest BCUT2D eigenvalue weighted by Crippen LogP contribution is -2.28. The molecule has 0 bridgehead atoms. The Kier molecular flexibility index (Phi) is 5.68. The standard InChI is InChI=1S/C20H19F3N4O3/c1-12-16(4-7-30-12)18(28)25-15-9-13(8-14(10-15)20(21,22)23)19(29)27(3)11-17-24-5-6-26(17)2/h4-10H,11H2,1-3H3,(H,25,28). The minimum atomic E-state index is -4.69. The summed E-state index contributed by atoms with van der Waals surface area (Å²) in [6.45, 7) is 1.66. The van der Waals surface area contributed by atoms with Gasteiger partial charge in [0.15, 0.2) is 0 Å². The fraction of sp³-hybridized carbons (Fsp3) is 0.250. The van der Waals surface area contributed by atoms with Crippen LogP contribution in [0.2, 0.25) is 0 Å². The number of nitrogens with zero attached hydrogens (tertiary/aromatic N) is 3. The number of carbonyl (C=O) groups is 2. The summed E-state index contributed by atoms with van der Waals surface area (Å²) in [5.74, 6) is -0.383. The van der Waals surface area contributed by atoms with E-state index in [0.29, 0.717) is 11.6 Å². The van der Waals surface area contributed by atoms with Gasteiger partial charge in [0, 0.05) is 37.7 Å². The topological polar surface area (TPSA) is 80.4 Å². The number of furan rings is 1. The van der Waals surface area contributed by atoms with E-state index >= 15 is 0 Å². The number of nitrogens with one attached hydrogen (secondary N) is 1. The molecular formula is C20H19F3N4O3. The number of aromatic nitrogens is 2. The average molecular weight is 420 g/mol. The molecule has 158 valence electrons. The summed E-state index contributed by atoms with van der Waals surface area (Å²) in [6, 6.07) is 4.16. The van der Waals surface area contributed by atoms with Crippen molar-refractivity contribution in [2.45, 2.75) is 19.6 Å². The van der Waals surface area contributed by atoms with E-state index in [2.05, 4.69) is 10.3 Å². The first-order valence-electron chi connectivity index (χ1n) is 8.85. The lowest BCUT2D eigenvalue weighted by molar-refractivity contribution is -0.137. The molecule has 0 radical (unpaired) electrons. The van der Waals surface area contributed by atoms with Crippen molar-refractivity contribution in [2.75, 3.05) is 12.4 Å². The first-order chi connectivity index (χ1) is 14.1. The summed E-state index contributed by atoms with van der Waals surface area (Å²) in [5, 5.41) is 2.40. The van der Waals surface area contributed by atoms with E-state index in [4.69, 9.17) is 4.42 Å². The highest BCUT2D eigenvalue weighted by Crippen LogP contribution is 2.32. The first-order valence-corrected chi connectivity index (χ1v) is 8.85. The Morgan fingerprint density at radius 3 is 2.57 bits per heavy atom. The van der Waals surface area contributed by atoms with E-state index in [1.807, 2.05) is 0 Å². The van der Waals surface area contributed by atoms with Crippen LogP contribution in [0, 0.1) is 6.92 Å². The minimum Gasteiger partial charge on any atom is -0.469 e. The molecule has 2 heterocycles. The van der Waals surface area contributed by atoms with Gasteiger partial charge in [0.25, 0.3) is 11.8 Å². The lowest BCUT2D eigenvalue weighted by Gasteiger charge is -2.19. The number of rotatable bonds is 5. The third-order valence-electron chi connectivity index (χ3n) is 4.51. The zero-order valence-corrected chi connectivity index (χ0v) is 16.4. The van der Waals surface area contributed by atoms with Gasteiger partial charge in [0.1, 0.15) is 11.6 Å². The van der Waals surface area contributed by atoms with Gasteiger partial charge in [0.05, 0.1) is 23.9 Å². The predicted molar refractivity (Wildman–Crippen MR) is 102 cm³/mol. The summed E-state index contributed by atoms with van der Waals surface area (Å²) >= 11 is 0. The zero-order chi connectivity index (χ0) is 22.1. The molecule has 30 heavy (non-hydrogen) atoms. The van der Waals surface area contributed by atoms with Crippen molar-refractivity contribution in [3.05, 3.63) is 71.2 Å². The van der Waals surface area contributed by atoms with Crippen molar-refractivity contribution >= 4 is 17.5 Å². The third-order valence-corrected chi connectivity index (χ3v) is 4.51. The second-order valence-electron chi connectivity index (χ2n) is 6.76. The highest BCUT2D eigenvalue weighted by molar-refractivity contribution is 6.05. The molecule has 0 fully saturated rings. The molecule has 0 unspecified atom stereocenters. The molecule has 2 aromatic heterocycles. The predicted octanol–water partition coefficient (Wildman–Crippen LogP) is 3.86. The fourth-order valence-electron chi connectivity index (χ4n) is 2.86. The number of anilines is 1. The smallest absolute Gasteiger partial charge is 0.416 e. The number of aryl methyl sites for hydroxylation is 2. The molecule has 3 aromatic rings. The van der Waals surface area contributed by atoms with Crippen LogP contribution in [0.5, 0.6) is 0 Å². The van der Waals surface area contributed by atoms with Crippen molar-refractivity contribution in [3.63, 3.8) is 0 Å². The van der Waals surface area contributed by atoms with E-state index < -0.39 is 23.6 Å². The van der Waals surface area contributed by atoms with E-state index in [1.165, 1.54) is 30.3 Å². The summed E-state index contributed by atoms with van der Waals surface area (Å²) in [6.07, 6.45) is -0.135. The lowest BCUT2D eigenvalue weighted by atomic mass is 10.1. The Bertz CT molecular complexity index is 1090. The highest BCUT2D eigenvalue weighted by Gasteiger charge is 2.32. The van der Waals surface area contributed by atoms with Gasteiger partial charge in [-0.3, -0.25) is 9.59 Å². The largest absolute Gasteiger partial charge is 0.469 e. The highest BCUT2D eigenvalue weighted by atomic mass is 19.4.